The van der Waals surface area contributed by atoms with E-state index in [4.69, 9.17) is 9.68 Å². The van der Waals surface area contributed by atoms with Gasteiger partial charge in [0.15, 0.2) is 11.5 Å². The van der Waals surface area contributed by atoms with E-state index < -0.39 is 5.82 Å². The molecule has 82 valence electrons. The molecule has 0 N–H and O–H groups in total. The Morgan fingerprint density at radius 1 is 1.35 bits per heavy atom. The summed E-state index contributed by atoms with van der Waals surface area (Å²) >= 11 is 0. The molecular weight excluding hydrogens is 221 g/mol. The van der Waals surface area contributed by atoms with E-state index in [1.807, 2.05) is 6.07 Å². The number of halogens is 1. The van der Waals surface area contributed by atoms with Gasteiger partial charge in [0.05, 0.1) is 6.26 Å². The molecule has 4 nitrogen and oxygen atoms in total. The maximum atomic E-state index is 13.1. The summed E-state index contributed by atoms with van der Waals surface area (Å²) in [6.07, 6.45) is 2.73. The molecule has 0 saturated heterocycles. The molecule has 3 rings (SSSR count). The van der Waals surface area contributed by atoms with Crippen LogP contribution >= 0.6 is 0 Å². The van der Waals surface area contributed by atoms with Gasteiger partial charge in [-0.15, -0.1) is 0 Å². The zero-order valence-corrected chi connectivity index (χ0v) is 8.59. The van der Waals surface area contributed by atoms with E-state index in [-0.39, 0.29) is 5.69 Å². The van der Waals surface area contributed by atoms with Gasteiger partial charge in [-0.2, -0.15) is 5.26 Å². The predicted molar refractivity (Wildman–Crippen MR) is 57.6 cm³/mol. The van der Waals surface area contributed by atoms with Crippen LogP contribution in [-0.4, -0.2) is 9.38 Å². The van der Waals surface area contributed by atoms with Crippen LogP contribution in [0, 0.1) is 17.1 Å². The molecule has 0 aromatic carbocycles. The first kappa shape index (κ1) is 9.60. The second kappa shape index (κ2) is 3.46. The van der Waals surface area contributed by atoms with Crippen LogP contribution in [0.15, 0.2) is 41.1 Å². The lowest BCUT2D eigenvalue weighted by Gasteiger charge is -1.94. The van der Waals surface area contributed by atoms with Gasteiger partial charge in [-0.25, -0.2) is 9.37 Å². The van der Waals surface area contributed by atoms with Crippen molar-refractivity contribution in [1.82, 2.24) is 9.38 Å². The van der Waals surface area contributed by atoms with E-state index in [1.165, 1.54) is 29.0 Å². The van der Waals surface area contributed by atoms with Gasteiger partial charge in [0.25, 0.3) is 0 Å². The molecule has 3 aromatic heterocycles. The highest BCUT2D eigenvalue weighted by Crippen LogP contribution is 2.24. The molecule has 0 bridgehead atoms. The third-order valence-corrected chi connectivity index (χ3v) is 2.44. The largest absolute Gasteiger partial charge is 0.463 e. The van der Waals surface area contributed by atoms with Crippen molar-refractivity contribution in [2.75, 3.05) is 0 Å². The lowest BCUT2D eigenvalue weighted by molar-refractivity contribution is 0.580. The molecule has 0 radical (unpaired) electrons. The molecule has 0 aliphatic rings. The molecule has 0 spiro atoms. The number of imidazole rings is 1. The number of nitrogens with zero attached hydrogens (tertiary/aromatic N) is 3. The van der Waals surface area contributed by atoms with Gasteiger partial charge >= 0.3 is 0 Å². The van der Waals surface area contributed by atoms with Crippen molar-refractivity contribution in [3.63, 3.8) is 0 Å². The Balaban J connectivity index is 2.37. The van der Waals surface area contributed by atoms with Crippen molar-refractivity contribution >= 4 is 5.65 Å². The molecule has 0 atom stereocenters. The Labute approximate surface area is 95.5 Å². The van der Waals surface area contributed by atoms with Crippen molar-refractivity contribution in [3.05, 3.63) is 48.2 Å². The van der Waals surface area contributed by atoms with Crippen LogP contribution in [0.3, 0.4) is 0 Å². The monoisotopic (exact) mass is 227 g/mol. The van der Waals surface area contributed by atoms with Crippen molar-refractivity contribution in [2.45, 2.75) is 0 Å². The van der Waals surface area contributed by atoms with E-state index in [9.17, 15) is 4.39 Å². The Bertz CT molecular complexity index is 722. The molecule has 0 aliphatic carbocycles. The highest BCUT2D eigenvalue weighted by Gasteiger charge is 2.15. The SMILES string of the molecule is N#Cc1c(-c2ccco2)nc2ccc(F)cn12. The van der Waals surface area contributed by atoms with Gasteiger partial charge in [0.2, 0.25) is 0 Å². The van der Waals surface area contributed by atoms with Crippen molar-refractivity contribution in [2.24, 2.45) is 0 Å². The summed E-state index contributed by atoms with van der Waals surface area (Å²) in [5.74, 6) is 0.0723. The molecule has 0 fully saturated rings. The van der Waals surface area contributed by atoms with Crippen molar-refractivity contribution < 1.29 is 8.81 Å². The average Bonchev–Trinajstić information content (AvgIpc) is 2.94. The Kier molecular flexibility index (Phi) is 1.95. The van der Waals surface area contributed by atoms with Gasteiger partial charge in [-0.05, 0) is 24.3 Å². The van der Waals surface area contributed by atoms with E-state index in [0.29, 0.717) is 17.1 Å². The molecule has 0 saturated carbocycles. The topological polar surface area (TPSA) is 54.2 Å². The first-order valence-corrected chi connectivity index (χ1v) is 4.91. The third-order valence-electron chi connectivity index (χ3n) is 2.44. The average molecular weight is 227 g/mol. The molecular formula is C12H6FN3O. The number of hydrogen-bond acceptors (Lipinski definition) is 3. The van der Waals surface area contributed by atoms with Crippen LogP contribution in [0.1, 0.15) is 5.69 Å². The minimum atomic E-state index is -0.419. The number of aromatic nitrogens is 2. The molecule has 3 aromatic rings. The molecule has 3 heterocycles. The molecule has 0 aliphatic heterocycles. The second-order valence-electron chi connectivity index (χ2n) is 3.47. The number of furan rings is 1. The summed E-state index contributed by atoms with van der Waals surface area (Å²) < 4.78 is 19.7. The molecule has 17 heavy (non-hydrogen) atoms. The normalized spacial score (nSPS) is 10.6. The summed E-state index contributed by atoms with van der Waals surface area (Å²) in [7, 11) is 0. The van der Waals surface area contributed by atoms with Gasteiger partial charge in [-0.3, -0.25) is 4.40 Å². The molecule has 5 heteroatoms. The maximum absolute atomic E-state index is 13.1. The number of nitriles is 1. The van der Waals surface area contributed by atoms with E-state index in [0.717, 1.165) is 0 Å². The minimum absolute atomic E-state index is 0.259. The van der Waals surface area contributed by atoms with Crippen molar-refractivity contribution in [3.8, 4) is 17.5 Å². The van der Waals surface area contributed by atoms with Gasteiger partial charge < -0.3 is 4.42 Å². The zero-order valence-electron chi connectivity index (χ0n) is 8.59. The predicted octanol–water partition coefficient (Wildman–Crippen LogP) is 2.61. The quantitative estimate of drug-likeness (QED) is 0.642. The summed E-state index contributed by atoms with van der Waals surface area (Å²) in [6.45, 7) is 0. The second-order valence-corrected chi connectivity index (χ2v) is 3.47. The minimum Gasteiger partial charge on any atom is -0.463 e. The summed E-state index contributed by atoms with van der Waals surface area (Å²) in [6, 6.07) is 8.24. The fraction of sp³-hybridized carbons (Fsp3) is 0. The first-order chi connectivity index (χ1) is 8.29. The van der Waals surface area contributed by atoms with Crippen LogP contribution in [0.4, 0.5) is 4.39 Å². The molecule has 0 amide bonds. The first-order valence-electron chi connectivity index (χ1n) is 4.91. The lowest BCUT2D eigenvalue weighted by Crippen LogP contribution is -1.90. The van der Waals surface area contributed by atoms with E-state index in [1.54, 1.807) is 12.1 Å². The Morgan fingerprint density at radius 3 is 2.94 bits per heavy atom. The van der Waals surface area contributed by atoms with Gasteiger partial charge in [0.1, 0.15) is 23.2 Å². The van der Waals surface area contributed by atoms with Crippen LogP contribution < -0.4 is 0 Å². The van der Waals surface area contributed by atoms with E-state index in [2.05, 4.69) is 4.98 Å². The van der Waals surface area contributed by atoms with Gasteiger partial charge in [-0.1, -0.05) is 0 Å². The number of fused-ring (bicyclic) bond motifs is 1. The standard InChI is InChI=1S/C12H6FN3O/c13-8-3-4-11-15-12(10-2-1-5-17-10)9(6-14)16(11)7-8/h1-5,7H. The van der Waals surface area contributed by atoms with Crippen LogP contribution in [0.2, 0.25) is 0 Å². The number of pyridine rings is 1. The van der Waals surface area contributed by atoms with Crippen molar-refractivity contribution in [1.29, 1.82) is 5.26 Å². The van der Waals surface area contributed by atoms with E-state index >= 15 is 0 Å². The fourth-order valence-corrected chi connectivity index (χ4v) is 1.71. The van der Waals surface area contributed by atoms with Crippen LogP contribution in [0.5, 0.6) is 0 Å². The summed E-state index contributed by atoms with van der Waals surface area (Å²) in [5, 5.41) is 9.12. The summed E-state index contributed by atoms with van der Waals surface area (Å²) in [4.78, 5) is 4.25. The Hall–Kier alpha value is -2.61. The zero-order chi connectivity index (χ0) is 11.8. The number of hydrogen-bond donors (Lipinski definition) is 0. The number of rotatable bonds is 1. The smallest absolute Gasteiger partial charge is 0.155 e. The lowest BCUT2D eigenvalue weighted by atomic mass is 10.3. The summed E-state index contributed by atoms with van der Waals surface area (Å²) in [5.41, 5.74) is 1.19. The maximum Gasteiger partial charge on any atom is 0.155 e. The highest BCUT2D eigenvalue weighted by molar-refractivity contribution is 5.65. The molecule has 0 unspecified atom stereocenters. The van der Waals surface area contributed by atoms with Crippen LogP contribution in [-0.2, 0) is 0 Å². The third kappa shape index (κ3) is 1.39. The van der Waals surface area contributed by atoms with Crippen LogP contribution in [0.25, 0.3) is 17.1 Å². The fourth-order valence-electron chi connectivity index (χ4n) is 1.71. The highest BCUT2D eigenvalue weighted by atomic mass is 19.1. The van der Waals surface area contributed by atoms with Gasteiger partial charge in [0, 0.05) is 6.20 Å². The Morgan fingerprint density at radius 2 is 2.24 bits per heavy atom.